The van der Waals surface area contributed by atoms with Gasteiger partial charge in [-0.1, -0.05) is 29.8 Å². The maximum atomic E-state index is 4.48. The number of anilines is 1. The van der Waals surface area contributed by atoms with E-state index in [0.717, 1.165) is 31.9 Å². The topological polar surface area (TPSA) is 41.1 Å². The number of benzene rings is 1. The van der Waals surface area contributed by atoms with E-state index >= 15 is 0 Å². The highest BCUT2D eigenvalue weighted by Crippen LogP contribution is 2.22. The normalized spacial score (nSPS) is 13.9. The zero-order valence-corrected chi connectivity index (χ0v) is 12.1. The molecule has 104 valence electrons. The molecule has 0 amide bonds. The average Bonchev–Trinajstić information content (AvgIpc) is 2.49. The van der Waals surface area contributed by atoms with Gasteiger partial charge in [-0.25, -0.2) is 9.97 Å². The third-order valence-electron chi connectivity index (χ3n) is 3.75. The van der Waals surface area contributed by atoms with E-state index in [-0.39, 0.29) is 0 Å². The van der Waals surface area contributed by atoms with Gasteiger partial charge in [-0.3, -0.25) is 0 Å². The van der Waals surface area contributed by atoms with Crippen LogP contribution in [0.4, 0.5) is 5.82 Å². The molecule has 0 saturated heterocycles. The molecule has 1 aliphatic rings. The number of aryl methyl sites for hydroxylation is 1. The second kappa shape index (κ2) is 5.59. The Morgan fingerprint density at radius 3 is 2.80 bits per heavy atom. The van der Waals surface area contributed by atoms with Crippen LogP contribution in [0.5, 0.6) is 0 Å². The molecular weight excluding hydrogens is 248 g/mol. The van der Waals surface area contributed by atoms with Crippen molar-refractivity contribution in [1.29, 1.82) is 0 Å². The van der Waals surface area contributed by atoms with Crippen molar-refractivity contribution in [3.05, 3.63) is 53.0 Å². The van der Waals surface area contributed by atoms with E-state index in [9.17, 15) is 0 Å². The molecule has 20 heavy (non-hydrogen) atoms. The van der Waals surface area contributed by atoms with Crippen molar-refractivity contribution in [3.8, 4) is 0 Å². The first-order valence-corrected chi connectivity index (χ1v) is 7.04. The average molecular weight is 268 g/mol. The van der Waals surface area contributed by atoms with Gasteiger partial charge in [-0.2, -0.15) is 0 Å². The van der Waals surface area contributed by atoms with Crippen LogP contribution in [0.15, 0.2) is 30.6 Å². The van der Waals surface area contributed by atoms with E-state index in [2.05, 4.69) is 58.4 Å². The fourth-order valence-electron chi connectivity index (χ4n) is 2.63. The van der Waals surface area contributed by atoms with E-state index in [4.69, 9.17) is 0 Å². The highest BCUT2D eigenvalue weighted by molar-refractivity contribution is 5.49. The summed E-state index contributed by atoms with van der Waals surface area (Å²) >= 11 is 0. The quantitative estimate of drug-likeness (QED) is 0.925. The Hall–Kier alpha value is -1.94. The molecule has 0 fully saturated rings. The fraction of sp³-hybridized carbons (Fsp3) is 0.375. The van der Waals surface area contributed by atoms with E-state index in [1.165, 1.54) is 22.4 Å². The smallest absolute Gasteiger partial charge is 0.136 e. The maximum absolute atomic E-state index is 4.48. The van der Waals surface area contributed by atoms with Gasteiger partial charge in [-0.05, 0) is 12.5 Å². The minimum absolute atomic E-state index is 0.865. The van der Waals surface area contributed by atoms with Gasteiger partial charge in [0.1, 0.15) is 12.1 Å². The Balaban J connectivity index is 1.83. The number of nitrogens with zero attached hydrogens (tertiary/aromatic N) is 3. The molecule has 0 spiro atoms. The summed E-state index contributed by atoms with van der Waals surface area (Å²) in [5.41, 5.74) is 5.02. The summed E-state index contributed by atoms with van der Waals surface area (Å²) in [6.45, 7) is 4.85. The first kappa shape index (κ1) is 13.1. The first-order chi connectivity index (χ1) is 9.74. The molecule has 1 aliphatic heterocycles. The van der Waals surface area contributed by atoms with Gasteiger partial charge < -0.3 is 10.2 Å². The lowest BCUT2D eigenvalue weighted by atomic mass is 10.1. The Kier molecular flexibility index (Phi) is 3.65. The van der Waals surface area contributed by atoms with Gasteiger partial charge in [0, 0.05) is 38.7 Å². The van der Waals surface area contributed by atoms with E-state index in [1.807, 2.05) is 0 Å². The molecule has 2 aromatic rings. The third-order valence-corrected chi connectivity index (χ3v) is 3.75. The molecule has 0 radical (unpaired) electrons. The van der Waals surface area contributed by atoms with Crippen molar-refractivity contribution in [2.75, 3.05) is 18.5 Å². The number of rotatable bonds is 3. The lowest BCUT2D eigenvalue weighted by Gasteiger charge is -2.25. The van der Waals surface area contributed by atoms with E-state index in [0.29, 0.717) is 0 Å². The highest BCUT2D eigenvalue weighted by atomic mass is 15.2. The van der Waals surface area contributed by atoms with E-state index < -0.39 is 0 Å². The van der Waals surface area contributed by atoms with Crippen molar-refractivity contribution >= 4 is 5.82 Å². The van der Waals surface area contributed by atoms with Gasteiger partial charge in [0.25, 0.3) is 0 Å². The van der Waals surface area contributed by atoms with Crippen LogP contribution in [0.2, 0.25) is 0 Å². The zero-order chi connectivity index (χ0) is 13.9. The number of fused-ring (bicyclic) bond motifs is 1. The SMILES string of the molecule is Cc1ccc(CN(C)c2ncnc3c2CNCC3)cc1. The lowest BCUT2D eigenvalue weighted by Crippen LogP contribution is -2.28. The van der Waals surface area contributed by atoms with Gasteiger partial charge in [0.05, 0.1) is 5.69 Å². The molecule has 2 heterocycles. The monoisotopic (exact) mass is 268 g/mol. The van der Waals surface area contributed by atoms with Gasteiger partial charge in [0.15, 0.2) is 0 Å². The summed E-state index contributed by atoms with van der Waals surface area (Å²) in [6, 6.07) is 8.66. The van der Waals surface area contributed by atoms with Crippen LogP contribution in [-0.2, 0) is 19.5 Å². The van der Waals surface area contributed by atoms with Gasteiger partial charge in [0.2, 0.25) is 0 Å². The molecule has 0 atom stereocenters. The number of aromatic nitrogens is 2. The number of hydrogen-bond donors (Lipinski definition) is 1. The Morgan fingerprint density at radius 2 is 2.00 bits per heavy atom. The van der Waals surface area contributed by atoms with Crippen LogP contribution in [0, 0.1) is 6.92 Å². The second-order valence-electron chi connectivity index (χ2n) is 5.39. The molecule has 4 heteroatoms. The van der Waals surface area contributed by atoms with Crippen LogP contribution in [0.25, 0.3) is 0 Å². The van der Waals surface area contributed by atoms with Crippen LogP contribution in [0.3, 0.4) is 0 Å². The molecular formula is C16H20N4. The van der Waals surface area contributed by atoms with Crippen LogP contribution >= 0.6 is 0 Å². The molecule has 1 aromatic heterocycles. The summed E-state index contributed by atoms with van der Waals surface area (Å²) in [5.74, 6) is 1.04. The maximum Gasteiger partial charge on any atom is 0.136 e. The van der Waals surface area contributed by atoms with Crippen molar-refractivity contribution in [2.24, 2.45) is 0 Å². The van der Waals surface area contributed by atoms with Gasteiger partial charge in [-0.15, -0.1) is 0 Å². The van der Waals surface area contributed by atoms with Crippen molar-refractivity contribution < 1.29 is 0 Å². The fourth-order valence-corrected chi connectivity index (χ4v) is 2.63. The largest absolute Gasteiger partial charge is 0.355 e. The van der Waals surface area contributed by atoms with Crippen molar-refractivity contribution in [2.45, 2.75) is 26.4 Å². The van der Waals surface area contributed by atoms with Crippen LogP contribution in [-0.4, -0.2) is 23.6 Å². The summed E-state index contributed by atoms with van der Waals surface area (Å²) in [5, 5.41) is 3.40. The second-order valence-corrected chi connectivity index (χ2v) is 5.39. The zero-order valence-electron chi connectivity index (χ0n) is 12.1. The Morgan fingerprint density at radius 1 is 1.20 bits per heavy atom. The molecule has 0 bridgehead atoms. The summed E-state index contributed by atoms with van der Waals surface area (Å²) in [7, 11) is 2.09. The van der Waals surface area contributed by atoms with E-state index in [1.54, 1.807) is 6.33 Å². The Labute approximate surface area is 119 Å². The molecule has 0 aliphatic carbocycles. The van der Waals surface area contributed by atoms with Crippen molar-refractivity contribution in [1.82, 2.24) is 15.3 Å². The highest BCUT2D eigenvalue weighted by Gasteiger charge is 2.17. The number of hydrogen-bond acceptors (Lipinski definition) is 4. The molecule has 1 aromatic carbocycles. The molecule has 0 unspecified atom stereocenters. The first-order valence-electron chi connectivity index (χ1n) is 7.04. The summed E-state index contributed by atoms with van der Waals surface area (Å²) < 4.78 is 0. The number of nitrogens with one attached hydrogen (secondary N) is 1. The predicted octanol–water partition coefficient (Wildman–Crippen LogP) is 2.07. The third kappa shape index (κ3) is 2.65. The minimum Gasteiger partial charge on any atom is -0.355 e. The standard InChI is InChI=1S/C16H20N4/c1-12-3-5-13(6-4-12)10-20(2)16-14-9-17-8-7-15(14)18-11-19-16/h3-6,11,17H,7-10H2,1-2H3. The molecule has 3 rings (SSSR count). The molecule has 0 saturated carbocycles. The van der Waals surface area contributed by atoms with Crippen LogP contribution in [0.1, 0.15) is 22.4 Å². The minimum atomic E-state index is 0.865. The summed E-state index contributed by atoms with van der Waals surface area (Å²) in [6.07, 6.45) is 2.67. The van der Waals surface area contributed by atoms with Crippen LogP contribution < -0.4 is 10.2 Å². The molecule has 4 nitrogen and oxygen atoms in total. The lowest BCUT2D eigenvalue weighted by molar-refractivity contribution is 0.622. The summed E-state index contributed by atoms with van der Waals surface area (Å²) in [4.78, 5) is 11.1. The molecule has 1 N–H and O–H groups in total. The van der Waals surface area contributed by atoms with Crippen molar-refractivity contribution in [3.63, 3.8) is 0 Å². The van der Waals surface area contributed by atoms with Gasteiger partial charge >= 0.3 is 0 Å². The Bertz CT molecular complexity index is 592. The predicted molar refractivity (Wildman–Crippen MR) is 80.7 cm³/mol.